The van der Waals surface area contributed by atoms with E-state index in [1.54, 1.807) is 75.4 Å². The van der Waals surface area contributed by atoms with E-state index in [1.165, 1.54) is 23.1 Å². The van der Waals surface area contributed by atoms with Crippen LogP contribution < -0.4 is 9.62 Å². The molecule has 10 heteroatoms. The van der Waals surface area contributed by atoms with Gasteiger partial charge < -0.3 is 10.2 Å². The Kier molecular flexibility index (Phi) is 9.59. The van der Waals surface area contributed by atoms with E-state index in [0.29, 0.717) is 27.7 Å². The molecular weight excluding hydrogens is 533 g/mol. The Morgan fingerprint density at radius 2 is 1.62 bits per heavy atom. The number of amides is 2. The van der Waals surface area contributed by atoms with Crippen molar-refractivity contribution in [3.8, 4) is 0 Å². The second kappa shape index (κ2) is 12.4. The summed E-state index contributed by atoms with van der Waals surface area (Å²) in [4.78, 5) is 27.9. The van der Waals surface area contributed by atoms with Crippen molar-refractivity contribution in [1.29, 1.82) is 0 Å². The monoisotopic (exact) mass is 561 g/mol. The van der Waals surface area contributed by atoms with Gasteiger partial charge in [-0.2, -0.15) is 0 Å². The molecule has 1 N–H and O–H groups in total. The fourth-order valence-corrected chi connectivity index (χ4v) is 5.65. The molecule has 7 nitrogen and oxygen atoms in total. The quantitative estimate of drug-likeness (QED) is 0.375. The number of nitrogens with zero attached hydrogens (tertiary/aromatic N) is 2. The highest BCUT2D eigenvalue weighted by atomic mass is 35.5. The van der Waals surface area contributed by atoms with Gasteiger partial charge in [0, 0.05) is 23.1 Å². The van der Waals surface area contributed by atoms with Gasteiger partial charge in [0.15, 0.2) is 0 Å². The Bertz CT molecular complexity index is 1370. The van der Waals surface area contributed by atoms with Gasteiger partial charge >= 0.3 is 0 Å². The highest BCUT2D eigenvalue weighted by molar-refractivity contribution is 7.92. The molecule has 0 saturated heterocycles. The molecule has 0 aliphatic carbocycles. The molecule has 0 aliphatic heterocycles. The van der Waals surface area contributed by atoms with Crippen LogP contribution in [0.4, 0.5) is 5.69 Å². The highest BCUT2D eigenvalue weighted by Crippen LogP contribution is 2.30. The maximum Gasteiger partial charge on any atom is 0.264 e. The van der Waals surface area contributed by atoms with Crippen LogP contribution in [0.15, 0.2) is 77.7 Å². The molecule has 1 atom stereocenters. The maximum absolute atomic E-state index is 13.8. The van der Waals surface area contributed by atoms with Crippen molar-refractivity contribution in [3.63, 3.8) is 0 Å². The van der Waals surface area contributed by atoms with Crippen molar-refractivity contribution in [3.05, 3.63) is 94.0 Å². The van der Waals surface area contributed by atoms with Crippen LogP contribution in [0.5, 0.6) is 0 Å². The predicted molar refractivity (Wildman–Crippen MR) is 147 cm³/mol. The van der Waals surface area contributed by atoms with Gasteiger partial charge in [0.1, 0.15) is 12.6 Å². The topological polar surface area (TPSA) is 86.8 Å². The number of likely N-dealkylation sites (N-methyl/N-ethyl adjacent to an activating group) is 1. The van der Waals surface area contributed by atoms with Crippen LogP contribution >= 0.6 is 23.2 Å². The Balaban J connectivity index is 2.07. The van der Waals surface area contributed by atoms with E-state index >= 15 is 0 Å². The molecule has 37 heavy (non-hydrogen) atoms. The zero-order valence-corrected chi connectivity index (χ0v) is 23.1. The summed E-state index contributed by atoms with van der Waals surface area (Å²) < 4.78 is 28.6. The summed E-state index contributed by atoms with van der Waals surface area (Å²) in [5, 5.41) is 3.48. The summed E-state index contributed by atoms with van der Waals surface area (Å²) in [6, 6.07) is 18.8. The average molecular weight is 563 g/mol. The molecule has 0 fully saturated rings. The number of rotatable bonds is 10. The average Bonchev–Trinajstić information content (AvgIpc) is 2.88. The molecule has 0 spiro atoms. The van der Waals surface area contributed by atoms with Gasteiger partial charge in [-0.15, -0.1) is 0 Å². The maximum atomic E-state index is 13.8. The number of sulfonamides is 1. The summed E-state index contributed by atoms with van der Waals surface area (Å²) in [6.07, 6.45) is 0. The third kappa shape index (κ3) is 6.83. The molecule has 0 radical (unpaired) electrons. The van der Waals surface area contributed by atoms with Crippen LogP contribution in [0.3, 0.4) is 0 Å². The van der Waals surface area contributed by atoms with E-state index in [0.717, 1.165) is 4.31 Å². The number of hydrogen-bond donors (Lipinski definition) is 1. The van der Waals surface area contributed by atoms with E-state index in [1.807, 2.05) is 0 Å². The lowest BCUT2D eigenvalue weighted by atomic mass is 10.1. The molecular formula is C27H29Cl2N3O4S. The molecule has 0 unspecified atom stereocenters. The number of aryl methyl sites for hydroxylation is 1. The summed E-state index contributed by atoms with van der Waals surface area (Å²) in [5.41, 5.74) is 1.52. The van der Waals surface area contributed by atoms with Gasteiger partial charge in [-0.1, -0.05) is 65.7 Å². The number of hydrogen-bond acceptors (Lipinski definition) is 4. The molecule has 2 amide bonds. The largest absolute Gasteiger partial charge is 0.355 e. The third-order valence-corrected chi connectivity index (χ3v) is 8.24. The lowest BCUT2D eigenvalue weighted by Crippen LogP contribution is -2.51. The zero-order chi connectivity index (χ0) is 27.2. The minimum atomic E-state index is -4.16. The molecule has 0 aromatic heterocycles. The summed E-state index contributed by atoms with van der Waals surface area (Å²) >= 11 is 12.6. The normalized spacial score (nSPS) is 12.0. The fraction of sp³-hybridized carbons (Fsp3) is 0.259. The standard InChI is InChI=1S/C27H29Cl2N3O4S/c1-4-30-27(34)20(3)31(17-21-10-8-9-13-24(21)29)26(33)18-32(25-16-22(28)15-14-19(25)2)37(35,36)23-11-6-5-7-12-23/h5-16,20H,4,17-18H2,1-3H3,(H,30,34)/t20-/m0/s1. The SMILES string of the molecule is CCNC(=O)[C@H](C)N(Cc1ccccc1Cl)C(=O)CN(c1cc(Cl)ccc1C)S(=O)(=O)c1ccccc1. The molecule has 0 heterocycles. The summed E-state index contributed by atoms with van der Waals surface area (Å²) in [5.74, 6) is -0.933. The van der Waals surface area contributed by atoms with Crippen LogP contribution in [0, 0.1) is 6.92 Å². The second-order valence-corrected chi connectivity index (χ2v) is 11.1. The number of nitrogens with one attached hydrogen (secondary N) is 1. The van der Waals surface area contributed by atoms with Gasteiger partial charge in [-0.05, 0) is 62.2 Å². The second-order valence-electron chi connectivity index (χ2n) is 8.44. The van der Waals surface area contributed by atoms with Gasteiger partial charge in [-0.3, -0.25) is 13.9 Å². The minimum absolute atomic E-state index is 0.0184. The first kappa shape index (κ1) is 28.5. The molecule has 3 aromatic rings. The van der Waals surface area contributed by atoms with E-state index in [2.05, 4.69) is 5.32 Å². The minimum Gasteiger partial charge on any atom is -0.355 e. The molecule has 196 valence electrons. The number of anilines is 1. The van der Waals surface area contributed by atoms with Gasteiger partial charge in [0.05, 0.1) is 10.6 Å². The van der Waals surface area contributed by atoms with Gasteiger partial charge in [0.2, 0.25) is 11.8 Å². The first-order valence-electron chi connectivity index (χ1n) is 11.7. The Morgan fingerprint density at radius 1 is 0.973 bits per heavy atom. The van der Waals surface area contributed by atoms with Crippen LogP contribution in [-0.2, 0) is 26.2 Å². The Labute approximate surface area is 228 Å². The van der Waals surface area contributed by atoms with Crippen molar-refractivity contribution in [1.82, 2.24) is 10.2 Å². The van der Waals surface area contributed by atoms with Crippen molar-refractivity contribution >= 4 is 50.7 Å². The predicted octanol–water partition coefficient (Wildman–Crippen LogP) is 5.05. The first-order valence-corrected chi connectivity index (χ1v) is 13.9. The van der Waals surface area contributed by atoms with E-state index < -0.39 is 28.5 Å². The van der Waals surface area contributed by atoms with Crippen LogP contribution in [0.25, 0.3) is 0 Å². The third-order valence-electron chi connectivity index (χ3n) is 5.87. The van der Waals surface area contributed by atoms with Gasteiger partial charge in [0.25, 0.3) is 10.0 Å². The lowest BCUT2D eigenvalue weighted by molar-refractivity contribution is -0.139. The van der Waals surface area contributed by atoms with E-state index in [9.17, 15) is 18.0 Å². The lowest BCUT2D eigenvalue weighted by Gasteiger charge is -2.32. The van der Waals surface area contributed by atoms with Gasteiger partial charge in [-0.25, -0.2) is 8.42 Å². The van der Waals surface area contributed by atoms with Crippen molar-refractivity contribution in [2.45, 2.75) is 38.3 Å². The zero-order valence-electron chi connectivity index (χ0n) is 20.8. The number of halogens is 2. The summed E-state index contributed by atoms with van der Waals surface area (Å²) in [6.45, 7) is 4.97. The molecule has 0 bridgehead atoms. The highest BCUT2D eigenvalue weighted by Gasteiger charge is 2.33. The van der Waals surface area contributed by atoms with E-state index in [-0.39, 0.29) is 23.0 Å². The number of carbonyl (C=O) groups is 2. The Hall–Kier alpha value is -3.07. The van der Waals surface area contributed by atoms with Crippen molar-refractivity contribution in [2.24, 2.45) is 0 Å². The molecule has 0 aliphatic rings. The molecule has 3 rings (SSSR count). The Morgan fingerprint density at radius 3 is 2.27 bits per heavy atom. The van der Waals surface area contributed by atoms with Crippen LogP contribution in [0.1, 0.15) is 25.0 Å². The first-order chi connectivity index (χ1) is 17.6. The van der Waals surface area contributed by atoms with E-state index in [4.69, 9.17) is 23.2 Å². The summed E-state index contributed by atoms with van der Waals surface area (Å²) in [7, 11) is -4.16. The van der Waals surface area contributed by atoms with Crippen LogP contribution in [-0.4, -0.2) is 44.3 Å². The van der Waals surface area contributed by atoms with Crippen molar-refractivity contribution < 1.29 is 18.0 Å². The van der Waals surface area contributed by atoms with Crippen molar-refractivity contribution in [2.75, 3.05) is 17.4 Å². The fourth-order valence-electron chi connectivity index (χ4n) is 3.80. The van der Waals surface area contributed by atoms with Crippen LogP contribution in [0.2, 0.25) is 10.0 Å². The number of benzene rings is 3. The number of carbonyl (C=O) groups excluding carboxylic acids is 2. The molecule has 3 aromatic carbocycles. The molecule has 0 saturated carbocycles. The smallest absolute Gasteiger partial charge is 0.264 e.